The Morgan fingerprint density at radius 1 is 1.48 bits per heavy atom. The first kappa shape index (κ1) is 15.7. The smallest absolute Gasteiger partial charge is 0.325 e. The molecule has 4 amide bonds. The van der Waals surface area contributed by atoms with E-state index < -0.39 is 23.3 Å². The summed E-state index contributed by atoms with van der Waals surface area (Å²) in [6.07, 6.45) is 1.82. The molecule has 2 aliphatic rings. The van der Waals surface area contributed by atoms with E-state index >= 15 is 0 Å². The number of amides is 4. The molecule has 1 aromatic carbocycles. The van der Waals surface area contributed by atoms with Crippen molar-refractivity contribution < 1.29 is 18.8 Å². The molecule has 0 spiro atoms. The molecule has 1 saturated heterocycles. The number of nitrogens with one attached hydrogen (secondary N) is 2. The van der Waals surface area contributed by atoms with Gasteiger partial charge in [0.25, 0.3) is 5.91 Å². The number of urea groups is 1. The number of nitrogens with zero attached hydrogens (tertiary/aromatic N) is 1. The molecule has 1 saturated carbocycles. The molecule has 2 N–H and O–H groups in total. The minimum atomic E-state index is -1.43. The van der Waals surface area contributed by atoms with Gasteiger partial charge in [-0.1, -0.05) is 17.7 Å². The van der Waals surface area contributed by atoms with E-state index in [4.69, 9.17) is 11.6 Å². The summed E-state index contributed by atoms with van der Waals surface area (Å²) in [4.78, 5) is 37.4. The van der Waals surface area contributed by atoms with Gasteiger partial charge in [-0.15, -0.1) is 0 Å². The summed E-state index contributed by atoms with van der Waals surface area (Å²) in [5, 5.41) is 5.28. The highest BCUT2D eigenvalue weighted by Crippen LogP contribution is 2.33. The second-order valence-electron chi connectivity index (χ2n) is 5.91. The van der Waals surface area contributed by atoms with Crippen LogP contribution in [0.5, 0.6) is 0 Å². The van der Waals surface area contributed by atoms with Crippen LogP contribution >= 0.6 is 11.6 Å². The van der Waals surface area contributed by atoms with Crippen molar-refractivity contribution >= 4 is 29.4 Å². The maximum atomic E-state index is 13.2. The van der Waals surface area contributed by atoms with Gasteiger partial charge in [-0.3, -0.25) is 14.5 Å². The molecule has 0 bridgehead atoms. The van der Waals surface area contributed by atoms with Crippen molar-refractivity contribution in [1.82, 2.24) is 15.5 Å². The predicted molar refractivity (Wildman–Crippen MR) is 80.2 cm³/mol. The lowest BCUT2D eigenvalue weighted by Gasteiger charge is -2.23. The monoisotopic (exact) mass is 339 g/mol. The first-order chi connectivity index (χ1) is 10.8. The molecule has 1 heterocycles. The average Bonchev–Trinajstić information content (AvgIpc) is 3.23. The fourth-order valence-corrected chi connectivity index (χ4v) is 2.92. The molecule has 23 heavy (non-hydrogen) atoms. The quantitative estimate of drug-likeness (QED) is 0.816. The maximum absolute atomic E-state index is 13.2. The normalized spacial score (nSPS) is 23.9. The Balaban J connectivity index is 1.82. The van der Waals surface area contributed by atoms with Gasteiger partial charge in [-0.05, 0) is 31.9 Å². The molecular formula is C15H15ClFN3O3. The third kappa shape index (κ3) is 2.88. The molecule has 1 aromatic rings. The molecule has 0 unspecified atom stereocenters. The van der Waals surface area contributed by atoms with Gasteiger partial charge in [-0.25, -0.2) is 9.18 Å². The van der Waals surface area contributed by atoms with Crippen molar-refractivity contribution in [3.63, 3.8) is 0 Å². The maximum Gasteiger partial charge on any atom is 0.325 e. The topological polar surface area (TPSA) is 78.5 Å². The van der Waals surface area contributed by atoms with Crippen molar-refractivity contribution in [3.8, 4) is 0 Å². The van der Waals surface area contributed by atoms with Gasteiger partial charge in [0.1, 0.15) is 17.9 Å². The summed E-state index contributed by atoms with van der Waals surface area (Å²) in [7, 11) is 0. The van der Waals surface area contributed by atoms with Crippen molar-refractivity contribution in [1.29, 1.82) is 0 Å². The van der Waals surface area contributed by atoms with E-state index in [-0.39, 0.29) is 29.1 Å². The van der Waals surface area contributed by atoms with Crippen molar-refractivity contribution in [2.24, 2.45) is 0 Å². The molecular weight excluding hydrogens is 325 g/mol. The van der Waals surface area contributed by atoms with E-state index in [0.717, 1.165) is 29.9 Å². The van der Waals surface area contributed by atoms with Crippen LogP contribution in [-0.2, 0) is 15.1 Å². The Labute approximate surface area is 137 Å². The molecule has 1 atom stereocenters. The van der Waals surface area contributed by atoms with E-state index in [1.165, 1.54) is 13.0 Å². The third-order valence-corrected chi connectivity index (χ3v) is 4.30. The van der Waals surface area contributed by atoms with Gasteiger partial charge in [0.2, 0.25) is 5.91 Å². The SMILES string of the molecule is C[C@]1(c2ccc(F)cc2Cl)NC(=O)N(CC(=O)NC2CC2)C1=O. The Kier molecular flexibility index (Phi) is 3.75. The number of benzene rings is 1. The van der Waals surface area contributed by atoms with Crippen LogP contribution in [-0.4, -0.2) is 35.3 Å². The lowest BCUT2D eigenvalue weighted by molar-refractivity contribution is -0.134. The molecule has 2 fully saturated rings. The van der Waals surface area contributed by atoms with Crippen LogP contribution in [0.25, 0.3) is 0 Å². The Bertz CT molecular complexity index is 707. The van der Waals surface area contributed by atoms with Crippen LogP contribution in [0.2, 0.25) is 5.02 Å². The highest BCUT2D eigenvalue weighted by Gasteiger charge is 2.50. The van der Waals surface area contributed by atoms with Crippen LogP contribution in [0.4, 0.5) is 9.18 Å². The Morgan fingerprint density at radius 2 is 2.17 bits per heavy atom. The zero-order valence-electron chi connectivity index (χ0n) is 12.4. The number of rotatable bonds is 4. The highest BCUT2D eigenvalue weighted by atomic mass is 35.5. The van der Waals surface area contributed by atoms with Gasteiger partial charge < -0.3 is 10.6 Å². The number of hydrogen-bond acceptors (Lipinski definition) is 3. The van der Waals surface area contributed by atoms with Crippen molar-refractivity contribution in [2.75, 3.05) is 6.54 Å². The minimum Gasteiger partial charge on any atom is -0.352 e. The number of carbonyl (C=O) groups is 3. The summed E-state index contributed by atoms with van der Waals surface area (Å²) >= 11 is 6.00. The standard InChI is InChI=1S/C15H15ClFN3O3/c1-15(10-5-2-8(17)6-11(10)16)13(22)20(14(23)19-15)7-12(21)18-9-3-4-9/h2,5-6,9H,3-4,7H2,1H3,(H,18,21)(H,19,23)/t15-/m1/s1. The lowest BCUT2D eigenvalue weighted by atomic mass is 9.92. The number of halogens is 2. The third-order valence-electron chi connectivity index (χ3n) is 3.99. The van der Waals surface area contributed by atoms with Crippen molar-refractivity contribution in [3.05, 3.63) is 34.6 Å². The molecule has 8 heteroatoms. The molecule has 0 radical (unpaired) electrons. The van der Waals surface area contributed by atoms with Crippen molar-refractivity contribution in [2.45, 2.75) is 31.3 Å². The molecule has 6 nitrogen and oxygen atoms in total. The summed E-state index contributed by atoms with van der Waals surface area (Å²) in [5.74, 6) is -1.52. The summed E-state index contributed by atoms with van der Waals surface area (Å²) < 4.78 is 13.2. The minimum absolute atomic E-state index is 0.0328. The molecule has 1 aliphatic heterocycles. The van der Waals surface area contributed by atoms with Gasteiger partial charge in [0, 0.05) is 16.6 Å². The second kappa shape index (κ2) is 5.49. The van der Waals surface area contributed by atoms with Crippen LogP contribution < -0.4 is 10.6 Å². The summed E-state index contributed by atoms with van der Waals surface area (Å²) in [6, 6.07) is 3.05. The number of imide groups is 1. The predicted octanol–water partition coefficient (Wildman–Crippen LogP) is 1.52. The fourth-order valence-electron chi connectivity index (χ4n) is 2.56. The first-order valence-electron chi connectivity index (χ1n) is 7.20. The fraction of sp³-hybridized carbons (Fsp3) is 0.400. The Morgan fingerprint density at radius 3 is 2.78 bits per heavy atom. The summed E-state index contributed by atoms with van der Waals surface area (Å²) in [6.45, 7) is 1.13. The number of carbonyl (C=O) groups excluding carboxylic acids is 3. The van der Waals surface area contributed by atoms with Gasteiger partial charge in [0.05, 0.1) is 0 Å². The zero-order valence-corrected chi connectivity index (χ0v) is 13.1. The van der Waals surface area contributed by atoms with Gasteiger partial charge in [0.15, 0.2) is 0 Å². The van der Waals surface area contributed by atoms with Crippen LogP contribution in [0.3, 0.4) is 0 Å². The molecule has 3 rings (SSSR count). The van der Waals surface area contributed by atoms with Crippen LogP contribution in [0, 0.1) is 5.82 Å². The van der Waals surface area contributed by atoms with E-state index in [1.54, 1.807) is 0 Å². The van der Waals surface area contributed by atoms with Crippen LogP contribution in [0.1, 0.15) is 25.3 Å². The van der Waals surface area contributed by atoms with Gasteiger partial charge in [-0.2, -0.15) is 0 Å². The highest BCUT2D eigenvalue weighted by molar-refractivity contribution is 6.32. The lowest BCUT2D eigenvalue weighted by Crippen LogP contribution is -2.43. The van der Waals surface area contributed by atoms with E-state index in [9.17, 15) is 18.8 Å². The van der Waals surface area contributed by atoms with Crippen LogP contribution in [0.15, 0.2) is 18.2 Å². The average molecular weight is 340 g/mol. The van der Waals surface area contributed by atoms with E-state index in [1.807, 2.05) is 0 Å². The largest absolute Gasteiger partial charge is 0.352 e. The number of hydrogen-bond donors (Lipinski definition) is 2. The second-order valence-corrected chi connectivity index (χ2v) is 6.32. The zero-order chi connectivity index (χ0) is 16.8. The molecule has 122 valence electrons. The first-order valence-corrected chi connectivity index (χ1v) is 7.58. The Hall–Kier alpha value is -2.15. The van der Waals surface area contributed by atoms with Gasteiger partial charge >= 0.3 is 6.03 Å². The van der Waals surface area contributed by atoms with E-state index in [2.05, 4.69) is 10.6 Å². The van der Waals surface area contributed by atoms with E-state index in [0.29, 0.717) is 0 Å². The summed E-state index contributed by atoms with van der Waals surface area (Å²) in [5.41, 5.74) is -1.15. The molecule has 0 aromatic heterocycles. The molecule has 1 aliphatic carbocycles.